The van der Waals surface area contributed by atoms with Gasteiger partial charge in [-0.3, -0.25) is 4.98 Å². The van der Waals surface area contributed by atoms with Gasteiger partial charge in [0.15, 0.2) is 0 Å². The van der Waals surface area contributed by atoms with Crippen LogP contribution in [0.2, 0.25) is 0 Å². The number of rotatable bonds is 4. The van der Waals surface area contributed by atoms with Gasteiger partial charge in [-0.25, -0.2) is 4.98 Å². The molecule has 0 aliphatic heterocycles. The summed E-state index contributed by atoms with van der Waals surface area (Å²) in [6, 6.07) is 7.88. The number of para-hydroxylation sites is 2. The lowest BCUT2D eigenvalue weighted by Gasteiger charge is -2.17. The highest BCUT2D eigenvalue weighted by Gasteiger charge is 2.03. The average molecular weight is 216 g/mol. The Bertz CT molecular complexity index is 469. The van der Waals surface area contributed by atoms with Crippen molar-refractivity contribution in [2.75, 3.05) is 25.0 Å². The van der Waals surface area contributed by atoms with Crippen LogP contribution in [0.3, 0.4) is 0 Å². The smallest absolute Gasteiger partial charge is 0.147 e. The van der Waals surface area contributed by atoms with E-state index in [2.05, 4.69) is 14.9 Å². The van der Waals surface area contributed by atoms with Gasteiger partial charge in [-0.2, -0.15) is 0 Å². The fourth-order valence-corrected chi connectivity index (χ4v) is 1.57. The molecule has 1 aromatic carbocycles. The fraction of sp³-hybridized carbons (Fsp3) is 0.333. The zero-order valence-electron chi connectivity index (χ0n) is 9.43. The minimum absolute atomic E-state index is 0.700. The second kappa shape index (κ2) is 4.90. The molecule has 16 heavy (non-hydrogen) atoms. The van der Waals surface area contributed by atoms with Gasteiger partial charge in [0.2, 0.25) is 0 Å². The van der Waals surface area contributed by atoms with Gasteiger partial charge in [0.25, 0.3) is 0 Å². The van der Waals surface area contributed by atoms with Crippen molar-refractivity contribution >= 4 is 16.9 Å². The van der Waals surface area contributed by atoms with E-state index in [4.69, 9.17) is 5.73 Å². The second-order valence-electron chi connectivity index (χ2n) is 3.78. The van der Waals surface area contributed by atoms with Crippen molar-refractivity contribution in [1.29, 1.82) is 0 Å². The number of aromatic nitrogens is 2. The number of hydrogen-bond donors (Lipinski definition) is 1. The standard InChI is InChI=1S/C12H16N4/c1-16(8-4-7-13)12-9-14-10-5-2-3-6-11(10)15-12/h2-3,5-6,9H,4,7-8,13H2,1H3. The molecule has 0 bridgehead atoms. The summed E-state index contributed by atoms with van der Waals surface area (Å²) in [7, 11) is 2.01. The Morgan fingerprint density at radius 1 is 1.25 bits per heavy atom. The first-order valence-electron chi connectivity index (χ1n) is 5.44. The molecule has 4 heteroatoms. The van der Waals surface area contributed by atoms with Crippen LogP contribution in [0.4, 0.5) is 5.82 Å². The highest BCUT2D eigenvalue weighted by Crippen LogP contribution is 2.13. The van der Waals surface area contributed by atoms with Gasteiger partial charge in [-0.15, -0.1) is 0 Å². The monoisotopic (exact) mass is 216 g/mol. The van der Waals surface area contributed by atoms with E-state index in [-0.39, 0.29) is 0 Å². The quantitative estimate of drug-likeness (QED) is 0.839. The highest BCUT2D eigenvalue weighted by atomic mass is 15.2. The normalized spacial score (nSPS) is 10.6. The van der Waals surface area contributed by atoms with Gasteiger partial charge in [0, 0.05) is 13.6 Å². The summed E-state index contributed by atoms with van der Waals surface area (Å²) >= 11 is 0. The van der Waals surface area contributed by atoms with Crippen LogP contribution < -0.4 is 10.6 Å². The molecule has 0 radical (unpaired) electrons. The van der Waals surface area contributed by atoms with Crippen molar-refractivity contribution in [2.45, 2.75) is 6.42 Å². The first-order chi connectivity index (χ1) is 7.81. The second-order valence-corrected chi connectivity index (χ2v) is 3.78. The maximum atomic E-state index is 5.48. The summed E-state index contributed by atoms with van der Waals surface area (Å²) in [4.78, 5) is 11.0. The van der Waals surface area contributed by atoms with Crippen molar-refractivity contribution in [3.8, 4) is 0 Å². The molecule has 1 aromatic heterocycles. The number of nitrogens with zero attached hydrogens (tertiary/aromatic N) is 3. The van der Waals surface area contributed by atoms with Crippen LogP contribution in [-0.2, 0) is 0 Å². The van der Waals surface area contributed by atoms with Crippen LogP contribution in [0, 0.1) is 0 Å². The molecule has 0 saturated heterocycles. The van der Waals surface area contributed by atoms with Gasteiger partial charge in [-0.05, 0) is 25.1 Å². The summed E-state index contributed by atoms with van der Waals surface area (Å²) in [5.41, 5.74) is 7.34. The Labute approximate surface area is 95.1 Å². The van der Waals surface area contributed by atoms with Crippen LogP contribution in [0.25, 0.3) is 11.0 Å². The molecule has 0 aliphatic carbocycles. The zero-order valence-corrected chi connectivity index (χ0v) is 9.43. The Hall–Kier alpha value is -1.68. The van der Waals surface area contributed by atoms with E-state index >= 15 is 0 Å². The summed E-state index contributed by atoms with van der Waals surface area (Å²) in [6.07, 6.45) is 2.77. The number of nitrogens with two attached hydrogens (primary N) is 1. The molecule has 2 rings (SSSR count). The Morgan fingerprint density at radius 2 is 2.00 bits per heavy atom. The summed E-state index contributed by atoms with van der Waals surface area (Å²) < 4.78 is 0. The van der Waals surface area contributed by atoms with Crippen LogP contribution in [-0.4, -0.2) is 30.1 Å². The molecule has 84 valence electrons. The maximum Gasteiger partial charge on any atom is 0.147 e. The number of hydrogen-bond acceptors (Lipinski definition) is 4. The van der Waals surface area contributed by atoms with Crippen LogP contribution in [0.1, 0.15) is 6.42 Å². The fourth-order valence-electron chi connectivity index (χ4n) is 1.57. The number of fused-ring (bicyclic) bond motifs is 1. The molecule has 0 atom stereocenters. The molecule has 0 unspecified atom stereocenters. The van der Waals surface area contributed by atoms with Crippen LogP contribution in [0.15, 0.2) is 30.5 Å². The van der Waals surface area contributed by atoms with Gasteiger partial charge in [0.05, 0.1) is 17.2 Å². The highest BCUT2D eigenvalue weighted by molar-refractivity contribution is 5.75. The molecule has 0 amide bonds. The van der Waals surface area contributed by atoms with E-state index < -0.39 is 0 Å². The molecular weight excluding hydrogens is 200 g/mol. The average Bonchev–Trinajstić information content (AvgIpc) is 2.35. The lowest BCUT2D eigenvalue weighted by Crippen LogP contribution is -2.22. The van der Waals surface area contributed by atoms with E-state index in [9.17, 15) is 0 Å². The van der Waals surface area contributed by atoms with Crippen molar-refractivity contribution in [2.24, 2.45) is 5.73 Å². The van der Waals surface area contributed by atoms with Gasteiger partial charge < -0.3 is 10.6 Å². The zero-order chi connectivity index (χ0) is 11.4. The van der Waals surface area contributed by atoms with E-state index in [0.717, 1.165) is 29.8 Å². The summed E-state index contributed by atoms with van der Waals surface area (Å²) in [5, 5.41) is 0. The van der Waals surface area contributed by atoms with Gasteiger partial charge in [-0.1, -0.05) is 12.1 Å². The van der Waals surface area contributed by atoms with Gasteiger partial charge in [0.1, 0.15) is 5.82 Å². The third-order valence-electron chi connectivity index (χ3n) is 2.52. The Kier molecular flexibility index (Phi) is 3.31. The number of anilines is 1. The van der Waals surface area contributed by atoms with Crippen LogP contribution >= 0.6 is 0 Å². The predicted octanol–water partition coefficient (Wildman–Crippen LogP) is 1.41. The molecule has 4 nitrogen and oxygen atoms in total. The van der Waals surface area contributed by atoms with Crippen molar-refractivity contribution in [1.82, 2.24) is 9.97 Å². The lowest BCUT2D eigenvalue weighted by molar-refractivity contribution is 0.786. The van der Waals surface area contributed by atoms with Crippen molar-refractivity contribution < 1.29 is 0 Å². The molecule has 1 heterocycles. The molecule has 0 fully saturated rings. The first-order valence-corrected chi connectivity index (χ1v) is 5.44. The van der Waals surface area contributed by atoms with Crippen molar-refractivity contribution in [3.05, 3.63) is 30.5 Å². The molecular formula is C12H16N4. The SMILES string of the molecule is CN(CCCN)c1cnc2ccccc2n1. The molecule has 0 saturated carbocycles. The minimum atomic E-state index is 0.700. The summed E-state index contributed by atoms with van der Waals surface area (Å²) in [5.74, 6) is 0.896. The lowest BCUT2D eigenvalue weighted by atomic mass is 10.3. The molecule has 2 N–H and O–H groups in total. The number of benzene rings is 1. The van der Waals surface area contributed by atoms with Crippen molar-refractivity contribution in [3.63, 3.8) is 0 Å². The largest absolute Gasteiger partial charge is 0.358 e. The topological polar surface area (TPSA) is 55.0 Å². The minimum Gasteiger partial charge on any atom is -0.358 e. The van der Waals surface area contributed by atoms with E-state index in [0.29, 0.717) is 6.54 Å². The summed E-state index contributed by atoms with van der Waals surface area (Å²) in [6.45, 7) is 1.61. The third kappa shape index (κ3) is 2.28. The van der Waals surface area contributed by atoms with Crippen LogP contribution in [0.5, 0.6) is 0 Å². The Balaban J connectivity index is 2.25. The molecule has 0 aliphatic rings. The third-order valence-corrected chi connectivity index (χ3v) is 2.52. The Morgan fingerprint density at radius 3 is 2.75 bits per heavy atom. The van der Waals surface area contributed by atoms with E-state index in [1.54, 1.807) is 6.20 Å². The van der Waals surface area contributed by atoms with E-state index in [1.807, 2.05) is 31.3 Å². The first kappa shape index (κ1) is 10.8. The van der Waals surface area contributed by atoms with Gasteiger partial charge >= 0.3 is 0 Å². The maximum absolute atomic E-state index is 5.48. The van der Waals surface area contributed by atoms with E-state index in [1.165, 1.54) is 0 Å². The predicted molar refractivity (Wildman–Crippen MR) is 66.5 cm³/mol. The molecule has 0 spiro atoms. The molecule has 2 aromatic rings.